The Labute approximate surface area is 127 Å². The van der Waals surface area contributed by atoms with E-state index >= 15 is 0 Å². The van der Waals surface area contributed by atoms with Crippen molar-refractivity contribution in [3.05, 3.63) is 57.7 Å². The fraction of sp³-hybridized carbons (Fsp3) is 0.125. The Morgan fingerprint density at radius 3 is 2.50 bits per heavy atom. The van der Waals surface area contributed by atoms with Crippen LogP contribution in [0.25, 0.3) is 22.3 Å². The molecule has 0 fully saturated rings. The van der Waals surface area contributed by atoms with Crippen LogP contribution in [0.15, 0.2) is 36.4 Å². The van der Waals surface area contributed by atoms with Gasteiger partial charge < -0.3 is 0 Å². The largest absolute Gasteiger partial charge is 0.226 e. The highest BCUT2D eigenvalue weighted by molar-refractivity contribution is 6.38. The summed E-state index contributed by atoms with van der Waals surface area (Å²) in [5, 5.41) is 1.78. The Hall–Kier alpha value is -1.64. The molecule has 3 aromatic rings. The van der Waals surface area contributed by atoms with Gasteiger partial charge in [-0.05, 0) is 31.5 Å². The number of hydrogen-bond acceptors (Lipinski definition) is 2. The van der Waals surface area contributed by atoms with Crippen LogP contribution in [0.5, 0.6) is 0 Å². The number of fused-ring (bicyclic) bond motifs is 1. The van der Waals surface area contributed by atoms with Crippen LogP contribution in [-0.2, 0) is 0 Å². The van der Waals surface area contributed by atoms with Gasteiger partial charge in [0.15, 0.2) is 5.82 Å². The first kappa shape index (κ1) is 13.3. The number of halogens is 2. The topological polar surface area (TPSA) is 25.8 Å². The maximum atomic E-state index is 6.26. The summed E-state index contributed by atoms with van der Waals surface area (Å²) in [7, 11) is 0. The summed E-state index contributed by atoms with van der Waals surface area (Å²) in [6.45, 7) is 4.10. The van der Waals surface area contributed by atoms with Gasteiger partial charge in [0, 0.05) is 10.9 Å². The number of rotatable bonds is 1. The number of para-hydroxylation sites is 1. The maximum Gasteiger partial charge on any atom is 0.161 e. The van der Waals surface area contributed by atoms with E-state index in [4.69, 9.17) is 23.2 Å². The van der Waals surface area contributed by atoms with Crippen molar-refractivity contribution in [2.24, 2.45) is 0 Å². The lowest BCUT2D eigenvalue weighted by molar-refractivity contribution is 1.21. The number of aryl methyl sites for hydroxylation is 2. The molecule has 2 aromatic carbocycles. The summed E-state index contributed by atoms with van der Waals surface area (Å²) >= 11 is 12.5. The zero-order chi connectivity index (χ0) is 14.3. The van der Waals surface area contributed by atoms with E-state index in [0.29, 0.717) is 21.5 Å². The summed E-state index contributed by atoms with van der Waals surface area (Å²) in [6.07, 6.45) is 0. The zero-order valence-electron chi connectivity index (χ0n) is 11.1. The lowest BCUT2D eigenvalue weighted by Gasteiger charge is -2.08. The highest BCUT2D eigenvalue weighted by Crippen LogP contribution is 2.30. The molecular weight excluding hydrogens is 291 g/mol. The third-order valence-electron chi connectivity index (χ3n) is 3.25. The number of nitrogens with zero attached hydrogens (tertiary/aromatic N) is 2. The van der Waals surface area contributed by atoms with Crippen LogP contribution in [-0.4, -0.2) is 9.97 Å². The average Bonchev–Trinajstić information content (AvgIpc) is 2.40. The Morgan fingerprint density at radius 1 is 0.950 bits per heavy atom. The zero-order valence-corrected chi connectivity index (χ0v) is 12.6. The first-order valence-electron chi connectivity index (χ1n) is 6.25. The quantitative estimate of drug-likeness (QED) is 0.576. The summed E-state index contributed by atoms with van der Waals surface area (Å²) < 4.78 is 0. The summed E-state index contributed by atoms with van der Waals surface area (Å²) in [6, 6.07) is 11.7. The molecule has 0 aliphatic carbocycles. The van der Waals surface area contributed by atoms with Gasteiger partial charge in [-0.15, -0.1) is 0 Å². The van der Waals surface area contributed by atoms with Gasteiger partial charge in [-0.2, -0.15) is 0 Å². The second-order valence-electron chi connectivity index (χ2n) is 4.79. The predicted molar refractivity (Wildman–Crippen MR) is 84.5 cm³/mol. The first-order chi connectivity index (χ1) is 9.56. The molecule has 3 rings (SSSR count). The molecule has 1 heterocycles. The van der Waals surface area contributed by atoms with Crippen LogP contribution in [0.1, 0.15) is 11.1 Å². The molecule has 0 N–H and O–H groups in total. The summed E-state index contributed by atoms with van der Waals surface area (Å²) in [5.74, 6) is 0.605. The fourth-order valence-electron chi connectivity index (χ4n) is 2.26. The standard InChI is InChI=1S/C16H12Cl2N2/c1-9-6-7-11(10(2)8-9)16-19-14-12(15(18)20-16)4-3-5-13(14)17/h3-8H,1-2H3. The smallest absolute Gasteiger partial charge is 0.161 e. The normalized spacial score (nSPS) is 11.0. The van der Waals surface area contributed by atoms with Crippen molar-refractivity contribution in [3.8, 4) is 11.4 Å². The second-order valence-corrected chi connectivity index (χ2v) is 5.56. The SMILES string of the molecule is Cc1ccc(-c2nc(Cl)c3cccc(Cl)c3n2)c(C)c1. The van der Waals surface area contributed by atoms with E-state index in [1.54, 1.807) is 6.07 Å². The van der Waals surface area contributed by atoms with E-state index in [2.05, 4.69) is 23.0 Å². The van der Waals surface area contributed by atoms with E-state index in [9.17, 15) is 0 Å². The van der Waals surface area contributed by atoms with Crippen LogP contribution in [0.4, 0.5) is 0 Å². The molecule has 1 aromatic heterocycles. The van der Waals surface area contributed by atoms with Crippen molar-refractivity contribution in [1.82, 2.24) is 9.97 Å². The van der Waals surface area contributed by atoms with Gasteiger partial charge in [0.05, 0.1) is 10.5 Å². The summed E-state index contributed by atoms with van der Waals surface area (Å²) in [5.41, 5.74) is 3.98. The van der Waals surface area contributed by atoms with E-state index < -0.39 is 0 Å². The molecule has 0 amide bonds. The van der Waals surface area contributed by atoms with Gasteiger partial charge in [-0.25, -0.2) is 9.97 Å². The molecule has 0 unspecified atom stereocenters. The van der Waals surface area contributed by atoms with Crippen molar-refractivity contribution in [1.29, 1.82) is 0 Å². The van der Waals surface area contributed by atoms with Crippen LogP contribution in [0.2, 0.25) is 10.2 Å². The highest BCUT2D eigenvalue weighted by atomic mass is 35.5. The Bertz CT molecular complexity index is 813. The van der Waals surface area contributed by atoms with Crippen molar-refractivity contribution >= 4 is 34.1 Å². The minimum Gasteiger partial charge on any atom is -0.226 e. The van der Waals surface area contributed by atoms with Gasteiger partial charge >= 0.3 is 0 Å². The molecule has 4 heteroatoms. The molecule has 0 radical (unpaired) electrons. The van der Waals surface area contributed by atoms with Gasteiger partial charge in [0.25, 0.3) is 0 Å². The predicted octanol–water partition coefficient (Wildman–Crippen LogP) is 5.22. The van der Waals surface area contributed by atoms with Crippen molar-refractivity contribution in [2.45, 2.75) is 13.8 Å². The molecule has 0 saturated carbocycles. The first-order valence-corrected chi connectivity index (χ1v) is 7.01. The number of hydrogen-bond donors (Lipinski definition) is 0. The molecule has 0 atom stereocenters. The number of aromatic nitrogens is 2. The van der Waals surface area contributed by atoms with Crippen LogP contribution >= 0.6 is 23.2 Å². The third kappa shape index (κ3) is 2.26. The van der Waals surface area contributed by atoms with Crippen LogP contribution in [0.3, 0.4) is 0 Å². The monoisotopic (exact) mass is 302 g/mol. The van der Waals surface area contributed by atoms with Gasteiger partial charge in [0.2, 0.25) is 0 Å². The average molecular weight is 303 g/mol. The van der Waals surface area contributed by atoms with E-state index in [-0.39, 0.29) is 0 Å². The van der Waals surface area contributed by atoms with Crippen LogP contribution in [0, 0.1) is 13.8 Å². The number of benzene rings is 2. The van der Waals surface area contributed by atoms with Crippen molar-refractivity contribution in [3.63, 3.8) is 0 Å². The highest BCUT2D eigenvalue weighted by Gasteiger charge is 2.11. The van der Waals surface area contributed by atoms with Crippen LogP contribution < -0.4 is 0 Å². The molecule has 0 saturated heterocycles. The minimum absolute atomic E-state index is 0.424. The minimum atomic E-state index is 0.424. The molecule has 20 heavy (non-hydrogen) atoms. The Balaban J connectivity index is 2.29. The lowest BCUT2D eigenvalue weighted by Crippen LogP contribution is -1.94. The molecule has 0 aliphatic heterocycles. The third-order valence-corrected chi connectivity index (χ3v) is 3.85. The van der Waals surface area contributed by atoms with E-state index in [1.807, 2.05) is 31.2 Å². The van der Waals surface area contributed by atoms with Gasteiger partial charge in [-0.3, -0.25) is 0 Å². The molecule has 0 bridgehead atoms. The summed E-state index contributed by atoms with van der Waals surface area (Å²) in [4.78, 5) is 8.97. The van der Waals surface area contributed by atoms with Gasteiger partial charge in [-0.1, -0.05) is 53.0 Å². The molecule has 100 valence electrons. The Kier molecular flexibility index (Phi) is 3.36. The molecule has 0 spiro atoms. The molecule has 0 aliphatic rings. The second kappa shape index (κ2) is 5.04. The fourth-order valence-corrected chi connectivity index (χ4v) is 2.71. The van der Waals surface area contributed by atoms with Crippen molar-refractivity contribution < 1.29 is 0 Å². The van der Waals surface area contributed by atoms with E-state index in [1.165, 1.54) is 5.56 Å². The van der Waals surface area contributed by atoms with E-state index in [0.717, 1.165) is 16.5 Å². The maximum absolute atomic E-state index is 6.26. The van der Waals surface area contributed by atoms with Crippen molar-refractivity contribution in [2.75, 3.05) is 0 Å². The molecule has 2 nitrogen and oxygen atoms in total. The molecular formula is C16H12Cl2N2. The lowest BCUT2D eigenvalue weighted by atomic mass is 10.1. The van der Waals surface area contributed by atoms with Gasteiger partial charge in [0.1, 0.15) is 5.15 Å². The Morgan fingerprint density at radius 2 is 1.75 bits per heavy atom.